The zero-order valence-electron chi connectivity index (χ0n) is 17.5. The van der Waals surface area contributed by atoms with Gasteiger partial charge in [0.15, 0.2) is 12.4 Å². The predicted octanol–water partition coefficient (Wildman–Crippen LogP) is -3.13. The molecular weight excluding hydrogens is 444 g/mol. The Bertz CT molecular complexity index is 802. The Hall–Kier alpha value is -1.97. The first-order valence-electron chi connectivity index (χ1n) is 10.3. The van der Waals surface area contributed by atoms with Crippen molar-refractivity contribution in [2.24, 2.45) is 0 Å². The molecule has 1 aromatic carbocycles. The van der Waals surface area contributed by atoms with Crippen molar-refractivity contribution in [3.63, 3.8) is 0 Å². The molecule has 12 nitrogen and oxygen atoms in total. The van der Waals surface area contributed by atoms with Crippen molar-refractivity contribution < 1.29 is 59.5 Å². The van der Waals surface area contributed by atoms with E-state index in [1.54, 1.807) is 30.3 Å². The molecule has 2 aliphatic heterocycles. The maximum absolute atomic E-state index is 12.3. The van der Waals surface area contributed by atoms with Crippen LogP contribution < -0.4 is 0 Å². The molecule has 0 aliphatic carbocycles. The quantitative estimate of drug-likeness (QED) is 0.149. The number of hydrogen-bond donors (Lipinski definition) is 7. The molecule has 0 amide bonds. The third-order valence-electron chi connectivity index (χ3n) is 5.51. The lowest BCUT2D eigenvalue weighted by molar-refractivity contribution is -0.383. The van der Waals surface area contributed by atoms with Gasteiger partial charge in [-0.2, -0.15) is 0 Å². The van der Waals surface area contributed by atoms with Crippen molar-refractivity contribution in [1.29, 1.82) is 0 Å². The minimum atomic E-state index is -2.32. The van der Waals surface area contributed by atoms with Crippen LogP contribution in [-0.2, 0) is 23.7 Å². The summed E-state index contributed by atoms with van der Waals surface area (Å²) < 4.78 is 21.3. The van der Waals surface area contributed by atoms with Crippen molar-refractivity contribution in [1.82, 2.24) is 0 Å². The van der Waals surface area contributed by atoms with Gasteiger partial charge in [-0.15, -0.1) is 0 Å². The minimum Gasteiger partial charge on any atom is -0.453 e. The van der Waals surface area contributed by atoms with E-state index in [4.69, 9.17) is 18.9 Å². The maximum Gasteiger partial charge on any atom is 0.331 e. The average molecular weight is 472 g/mol. The number of hydrogen-bond acceptors (Lipinski definition) is 12. The van der Waals surface area contributed by atoms with Crippen LogP contribution in [-0.4, -0.2) is 116 Å². The van der Waals surface area contributed by atoms with E-state index >= 15 is 0 Å². The molecular formula is C21H28O12. The number of aliphatic hydroxyl groups is 7. The summed E-state index contributed by atoms with van der Waals surface area (Å²) in [7, 11) is 0. The highest BCUT2D eigenvalue weighted by molar-refractivity contribution is 5.87. The van der Waals surface area contributed by atoms with Gasteiger partial charge in [-0.3, -0.25) is 0 Å². The van der Waals surface area contributed by atoms with E-state index in [-0.39, 0.29) is 0 Å². The molecule has 2 heterocycles. The van der Waals surface area contributed by atoms with Crippen LogP contribution in [0.3, 0.4) is 0 Å². The smallest absolute Gasteiger partial charge is 0.331 e. The highest BCUT2D eigenvalue weighted by Gasteiger charge is 2.60. The number of carbonyl (C=O) groups is 1. The van der Waals surface area contributed by atoms with Gasteiger partial charge in [-0.05, 0) is 11.6 Å². The van der Waals surface area contributed by atoms with Crippen LogP contribution in [0.2, 0.25) is 0 Å². The van der Waals surface area contributed by atoms with Gasteiger partial charge in [0.2, 0.25) is 5.79 Å². The fourth-order valence-corrected chi connectivity index (χ4v) is 3.66. The number of carbonyl (C=O) groups excluding carboxylic acids is 1. The Balaban J connectivity index is 1.74. The van der Waals surface area contributed by atoms with Gasteiger partial charge in [0.1, 0.15) is 43.2 Å². The molecule has 7 N–H and O–H groups in total. The molecule has 2 saturated heterocycles. The second-order valence-corrected chi connectivity index (χ2v) is 7.71. The molecule has 1 aromatic rings. The predicted molar refractivity (Wildman–Crippen MR) is 108 cm³/mol. The number of esters is 1. The van der Waals surface area contributed by atoms with E-state index in [2.05, 4.69) is 0 Å². The van der Waals surface area contributed by atoms with Crippen LogP contribution >= 0.6 is 0 Å². The molecule has 0 radical (unpaired) electrons. The van der Waals surface area contributed by atoms with Crippen LogP contribution in [0.5, 0.6) is 0 Å². The number of rotatable bonds is 8. The number of aliphatic hydroxyl groups excluding tert-OH is 7. The first-order valence-corrected chi connectivity index (χ1v) is 10.3. The molecule has 0 aromatic heterocycles. The second kappa shape index (κ2) is 11.0. The van der Waals surface area contributed by atoms with Crippen LogP contribution in [0, 0.1) is 0 Å². The SMILES string of the molecule is O=C(/C=C/c1ccccc1)O[C@@H]1[C@@H](CO)O[C@@](CO)(O[C@H]2O[C@H](CO)[C@@H](O)[C@H](O)[C@H]2O)[C@H]1O. The van der Waals surface area contributed by atoms with Crippen molar-refractivity contribution in [3.8, 4) is 0 Å². The summed E-state index contributed by atoms with van der Waals surface area (Å²) in [5.74, 6) is -3.19. The summed E-state index contributed by atoms with van der Waals surface area (Å²) in [4.78, 5) is 12.3. The van der Waals surface area contributed by atoms with E-state index in [0.29, 0.717) is 5.56 Å². The van der Waals surface area contributed by atoms with Crippen LogP contribution in [0.15, 0.2) is 36.4 Å². The summed E-state index contributed by atoms with van der Waals surface area (Å²) in [6.45, 7) is -2.47. The van der Waals surface area contributed by atoms with Gasteiger partial charge in [-0.1, -0.05) is 30.3 Å². The highest BCUT2D eigenvalue weighted by atomic mass is 16.8. The van der Waals surface area contributed by atoms with E-state index in [9.17, 15) is 40.5 Å². The normalized spacial score (nSPS) is 39.1. The average Bonchev–Trinajstić information content (AvgIpc) is 3.09. The fraction of sp³-hybridized carbons (Fsp3) is 0.571. The Morgan fingerprint density at radius 2 is 1.64 bits per heavy atom. The lowest BCUT2D eigenvalue weighted by Gasteiger charge is -2.43. The molecule has 33 heavy (non-hydrogen) atoms. The minimum absolute atomic E-state index is 0.715. The Morgan fingerprint density at radius 3 is 2.24 bits per heavy atom. The van der Waals surface area contributed by atoms with E-state index < -0.39 is 80.6 Å². The third kappa shape index (κ3) is 5.41. The number of benzene rings is 1. The molecule has 0 bridgehead atoms. The summed E-state index contributed by atoms with van der Waals surface area (Å²) in [5, 5.41) is 69.7. The van der Waals surface area contributed by atoms with E-state index in [1.165, 1.54) is 6.08 Å². The first-order chi connectivity index (χ1) is 15.8. The van der Waals surface area contributed by atoms with Crippen molar-refractivity contribution >= 4 is 12.0 Å². The van der Waals surface area contributed by atoms with Crippen molar-refractivity contribution in [3.05, 3.63) is 42.0 Å². The van der Waals surface area contributed by atoms with Crippen LogP contribution in [0.25, 0.3) is 6.08 Å². The van der Waals surface area contributed by atoms with Gasteiger partial charge in [0.25, 0.3) is 0 Å². The van der Waals surface area contributed by atoms with E-state index in [0.717, 1.165) is 6.08 Å². The largest absolute Gasteiger partial charge is 0.453 e. The van der Waals surface area contributed by atoms with Gasteiger partial charge >= 0.3 is 5.97 Å². The standard InChI is InChI=1S/C21H28O12/c22-8-12-15(26)16(27)17(28)20(30-12)33-21(10-24)19(29)18(13(9-23)32-21)31-14(25)7-6-11-4-2-1-3-5-11/h1-7,12-13,15-20,22-24,26-29H,8-10H2/b7-6+/t12-,13-,15-,16+,17-,18-,19+,20-,21+/m1/s1. The van der Waals surface area contributed by atoms with Gasteiger partial charge in [0.05, 0.1) is 13.2 Å². The molecule has 9 atom stereocenters. The monoisotopic (exact) mass is 472 g/mol. The zero-order chi connectivity index (χ0) is 24.2. The molecule has 2 fully saturated rings. The molecule has 3 rings (SSSR count). The molecule has 184 valence electrons. The molecule has 12 heteroatoms. The van der Waals surface area contributed by atoms with Crippen LogP contribution in [0.4, 0.5) is 0 Å². The van der Waals surface area contributed by atoms with Gasteiger partial charge < -0.3 is 54.7 Å². The maximum atomic E-state index is 12.3. The lowest BCUT2D eigenvalue weighted by atomic mass is 9.99. The number of ether oxygens (including phenoxy) is 4. The topological polar surface area (TPSA) is 196 Å². The van der Waals surface area contributed by atoms with Crippen LogP contribution in [0.1, 0.15) is 5.56 Å². The molecule has 2 aliphatic rings. The Kier molecular flexibility index (Phi) is 8.53. The molecule has 0 unspecified atom stereocenters. The van der Waals surface area contributed by atoms with Crippen molar-refractivity contribution in [2.45, 2.75) is 54.8 Å². The molecule has 0 spiro atoms. The van der Waals surface area contributed by atoms with E-state index in [1.807, 2.05) is 0 Å². The lowest BCUT2D eigenvalue weighted by Crippen LogP contribution is -2.62. The van der Waals surface area contributed by atoms with Gasteiger partial charge in [0, 0.05) is 6.08 Å². The highest BCUT2D eigenvalue weighted by Crippen LogP contribution is 2.37. The molecule has 0 saturated carbocycles. The summed E-state index contributed by atoms with van der Waals surface area (Å²) in [5.41, 5.74) is 0.715. The van der Waals surface area contributed by atoms with Gasteiger partial charge in [-0.25, -0.2) is 4.79 Å². The Labute approximate surface area is 188 Å². The first kappa shape index (κ1) is 25.6. The summed E-state index contributed by atoms with van der Waals surface area (Å²) in [6.07, 6.45) is -10.4. The fourth-order valence-electron chi connectivity index (χ4n) is 3.66. The third-order valence-corrected chi connectivity index (χ3v) is 5.51. The second-order valence-electron chi connectivity index (χ2n) is 7.71. The Morgan fingerprint density at radius 1 is 0.970 bits per heavy atom. The summed E-state index contributed by atoms with van der Waals surface area (Å²) in [6, 6.07) is 8.84. The van der Waals surface area contributed by atoms with Crippen molar-refractivity contribution in [2.75, 3.05) is 19.8 Å². The summed E-state index contributed by atoms with van der Waals surface area (Å²) >= 11 is 0. The zero-order valence-corrected chi connectivity index (χ0v) is 17.5.